The van der Waals surface area contributed by atoms with Gasteiger partial charge in [-0.05, 0) is 24.5 Å². The number of hydrogen-bond acceptors (Lipinski definition) is 2. The van der Waals surface area contributed by atoms with Gasteiger partial charge in [-0.1, -0.05) is 30.7 Å². The third-order valence-electron chi connectivity index (χ3n) is 1.95. The number of hydrogen-bond donors (Lipinski definition) is 1. The molecule has 0 aliphatic heterocycles. The Kier molecular flexibility index (Phi) is 3.29. The van der Waals surface area contributed by atoms with Gasteiger partial charge in [-0.2, -0.15) is 8.42 Å². The predicted octanol–water partition coefficient (Wildman–Crippen LogP) is 1.95. The molecule has 0 heterocycles. The molecule has 0 fully saturated rings. The van der Waals surface area contributed by atoms with Gasteiger partial charge in [0.25, 0.3) is 10.1 Å². The van der Waals surface area contributed by atoms with Gasteiger partial charge in [0.2, 0.25) is 0 Å². The molecule has 0 unspecified atom stereocenters. The largest absolute Gasteiger partial charge is 0.285 e. The molecule has 0 radical (unpaired) electrons. The van der Waals surface area contributed by atoms with Gasteiger partial charge in [-0.15, -0.1) is 0 Å². The lowest BCUT2D eigenvalue weighted by Gasteiger charge is -2.04. The first-order valence-electron chi connectivity index (χ1n) is 4.45. The summed E-state index contributed by atoms with van der Waals surface area (Å²) in [5.41, 5.74) is 2.75. The summed E-state index contributed by atoms with van der Waals surface area (Å²) < 4.78 is 30.0. The summed E-state index contributed by atoms with van der Waals surface area (Å²) in [5.74, 6) is -0.304. The van der Waals surface area contributed by atoms with Crippen LogP contribution in [0.3, 0.4) is 0 Å². The minimum absolute atomic E-state index is 0.304. The van der Waals surface area contributed by atoms with Crippen LogP contribution >= 0.6 is 0 Å². The molecule has 1 aromatic carbocycles. The lowest BCUT2D eigenvalue weighted by molar-refractivity contribution is 0.482. The monoisotopic (exact) mass is 214 g/mol. The van der Waals surface area contributed by atoms with E-state index in [1.165, 1.54) is 0 Å². The molecule has 14 heavy (non-hydrogen) atoms. The zero-order valence-corrected chi connectivity index (χ0v) is 9.13. The number of aryl methyl sites for hydroxylation is 2. The summed E-state index contributed by atoms with van der Waals surface area (Å²) in [4.78, 5) is 0. The highest BCUT2D eigenvalue weighted by molar-refractivity contribution is 7.85. The minimum atomic E-state index is -3.92. The maximum atomic E-state index is 10.7. The van der Waals surface area contributed by atoms with Crippen LogP contribution in [0.2, 0.25) is 0 Å². The average molecular weight is 214 g/mol. The fraction of sp³-hybridized carbons (Fsp3) is 0.400. The van der Waals surface area contributed by atoms with Crippen LogP contribution in [0.25, 0.3) is 0 Å². The van der Waals surface area contributed by atoms with E-state index in [-0.39, 0.29) is 5.75 Å². The molecule has 0 bridgehead atoms. The zero-order chi connectivity index (χ0) is 10.8. The first-order valence-corrected chi connectivity index (χ1v) is 6.06. The van der Waals surface area contributed by atoms with E-state index in [9.17, 15) is 8.42 Å². The van der Waals surface area contributed by atoms with E-state index in [1.807, 2.05) is 19.9 Å². The zero-order valence-electron chi connectivity index (χ0n) is 8.32. The molecule has 4 heteroatoms. The lowest BCUT2D eigenvalue weighted by Crippen LogP contribution is -2.02. The molecule has 3 nitrogen and oxygen atoms in total. The van der Waals surface area contributed by atoms with Gasteiger partial charge in [-0.25, -0.2) is 0 Å². The smallest absolute Gasteiger partial charge is 0.269 e. The van der Waals surface area contributed by atoms with Crippen LogP contribution < -0.4 is 0 Å². The third kappa shape index (κ3) is 3.47. The van der Waals surface area contributed by atoms with Crippen molar-refractivity contribution in [2.24, 2.45) is 0 Å². The van der Waals surface area contributed by atoms with E-state index in [4.69, 9.17) is 4.55 Å². The van der Waals surface area contributed by atoms with Crippen LogP contribution in [0.5, 0.6) is 0 Å². The van der Waals surface area contributed by atoms with Gasteiger partial charge >= 0.3 is 0 Å². The normalized spacial score (nSPS) is 11.6. The molecule has 0 saturated carbocycles. The fourth-order valence-electron chi connectivity index (χ4n) is 1.45. The van der Waals surface area contributed by atoms with Crippen molar-refractivity contribution < 1.29 is 13.0 Å². The molecule has 0 aromatic heterocycles. The van der Waals surface area contributed by atoms with Crippen molar-refractivity contribution >= 4 is 10.1 Å². The molecule has 0 saturated heterocycles. The standard InChI is InChI=1S/C10H14O3S/c1-3-9-4-8(2)5-10(6-9)7-14(11,12)13/h4-6H,3,7H2,1-2H3,(H,11,12,13). The van der Waals surface area contributed by atoms with Crippen molar-refractivity contribution in [1.29, 1.82) is 0 Å². The van der Waals surface area contributed by atoms with Crippen LogP contribution in [0.1, 0.15) is 23.6 Å². The third-order valence-corrected chi connectivity index (χ3v) is 2.65. The Morgan fingerprint density at radius 1 is 1.21 bits per heavy atom. The van der Waals surface area contributed by atoms with Crippen LogP contribution in [0.15, 0.2) is 18.2 Å². The second-order valence-corrected chi connectivity index (χ2v) is 4.86. The first kappa shape index (κ1) is 11.2. The average Bonchev–Trinajstić information content (AvgIpc) is 1.99. The Labute approximate surface area is 84.5 Å². The molecular weight excluding hydrogens is 200 g/mol. The van der Waals surface area contributed by atoms with E-state index in [0.717, 1.165) is 17.5 Å². The van der Waals surface area contributed by atoms with Crippen LogP contribution in [-0.2, 0) is 22.3 Å². The summed E-state index contributed by atoms with van der Waals surface area (Å²) in [6.07, 6.45) is 0.861. The van der Waals surface area contributed by atoms with Crippen molar-refractivity contribution in [3.63, 3.8) is 0 Å². The van der Waals surface area contributed by atoms with Gasteiger partial charge in [0.1, 0.15) is 5.75 Å². The van der Waals surface area contributed by atoms with Gasteiger partial charge in [0, 0.05) is 0 Å². The van der Waals surface area contributed by atoms with E-state index in [0.29, 0.717) is 5.56 Å². The molecular formula is C10H14O3S. The van der Waals surface area contributed by atoms with Crippen molar-refractivity contribution in [1.82, 2.24) is 0 Å². The predicted molar refractivity (Wildman–Crippen MR) is 55.8 cm³/mol. The molecule has 1 rings (SSSR count). The maximum absolute atomic E-state index is 10.7. The van der Waals surface area contributed by atoms with Crippen LogP contribution in [0.4, 0.5) is 0 Å². The van der Waals surface area contributed by atoms with Crippen molar-refractivity contribution in [3.05, 3.63) is 34.9 Å². The summed E-state index contributed by atoms with van der Waals surface area (Å²) >= 11 is 0. The van der Waals surface area contributed by atoms with Crippen molar-refractivity contribution in [2.75, 3.05) is 0 Å². The Bertz CT molecular complexity index is 421. The Hall–Kier alpha value is -0.870. The molecule has 1 aromatic rings. The quantitative estimate of drug-likeness (QED) is 0.782. The van der Waals surface area contributed by atoms with Crippen molar-refractivity contribution in [3.8, 4) is 0 Å². The Morgan fingerprint density at radius 2 is 1.79 bits per heavy atom. The summed E-state index contributed by atoms with van der Waals surface area (Å²) in [6.45, 7) is 3.92. The Morgan fingerprint density at radius 3 is 2.29 bits per heavy atom. The molecule has 1 N–H and O–H groups in total. The second-order valence-electron chi connectivity index (χ2n) is 3.41. The summed E-state index contributed by atoms with van der Waals surface area (Å²) in [5, 5.41) is 0. The molecule has 78 valence electrons. The van der Waals surface area contributed by atoms with Crippen LogP contribution in [-0.4, -0.2) is 13.0 Å². The van der Waals surface area contributed by atoms with Gasteiger partial charge in [0.05, 0.1) is 0 Å². The minimum Gasteiger partial charge on any atom is -0.285 e. The molecule has 0 aliphatic carbocycles. The summed E-state index contributed by atoms with van der Waals surface area (Å²) in [7, 11) is -3.92. The van der Waals surface area contributed by atoms with Gasteiger partial charge < -0.3 is 0 Å². The highest BCUT2D eigenvalue weighted by atomic mass is 32.2. The van der Waals surface area contributed by atoms with Gasteiger partial charge in [-0.3, -0.25) is 4.55 Å². The molecule has 0 amide bonds. The fourth-order valence-corrected chi connectivity index (χ4v) is 2.03. The highest BCUT2D eigenvalue weighted by Gasteiger charge is 2.07. The SMILES string of the molecule is CCc1cc(C)cc(CS(=O)(=O)O)c1. The van der Waals surface area contributed by atoms with E-state index in [2.05, 4.69) is 0 Å². The van der Waals surface area contributed by atoms with E-state index in [1.54, 1.807) is 12.1 Å². The van der Waals surface area contributed by atoms with E-state index < -0.39 is 10.1 Å². The second kappa shape index (κ2) is 4.11. The Balaban J connectivity index is 3.04. The molecule has 0 atom stereocenters. The molecule has 0 aliphatic rings. The molecule has 0 spiro atoms. The first-order chi connectivity index (χ1) is 6.40. The number of benzene rings is 1. The van der Waals surface area contributed by atoms with E-state index >= 15 is 0 Å². The van der Waals surface area contributed by atoms with Crippen LogP contribution in [0, 0.1) is 6.92 Å². The number of rotatable bonds is 3. The topological polar surface area (TPSA) is 54.4 Å². The highest BCUT2D eigenvalue weighted by Crippen LogP contribution is 2.12. The van der Waals surface area contributed by atoms with Crippen molar-refractivity contribution in [2.45, 2.75) is 26.0 Å². The lowest BCUT2D eigenvalue weighted by atomic mass is 10.1. The summed E-state index contributed by atoms with van der Waals surface area (Å²) in [6, 6.07) is 5.58. The maximum Gasteiger partial charge on any atom is 0.269 e. The van der Waals surface area contributed by atoms with Gasteiger partial charge in [0.15, 0.2) is 0 Å².